The lowest BCUT2D eigenvalue weighted by Crippen LogP contribution is -2.56. The minimum absolute atomic E-state index is 0.0585. The van der Waals surface area contributed by atoms with Crippen molar-refractivity contribution < 1.29 is 9.90 Å². The zero-order chi connectivity index (χ0) is 19.6. The molecule has 1 atom stereocenters. The largest absolute Gasteiger partial charge is 0.378 e. The van der Waals surface area contributed by atoms with E-state index in [0.29, 0.717) is 31.9 Å². The van der Waals surface area contributed by atoms with Crippen LogP contribution in [0.4, 0.5) is 5.82 Å². The summed E-state index contributed by atoms with van der Waals surface area (Å²) in [6.45, 7) is 7.55. The van der Waals surface area contributed by atoms with Gasteiger partial charge in [0.2, 0.25) is 0 Å². The highest BCUT2D eigenvalue weighted by atomic mass is 16.3. The van der Waals surface area contributed by atoms with Gasteiger partial charge < -0.3 is 19.5 Å². The van der Waals surface area contributed by atoms with Gasteiger partial charge in [-0.3, -0.25) is 9.59 Å². The maximum atomic E-state index is 12.9. The molecule has 1 unspecified atom stereocenters. The highest BCUT2D eigenvalue weighted by molar-refractivity contribution is 5.84. The zero-order valence-electron chi connectivity index (χ0n) is 16.1. The fourth-order valence-corrected chi connectivity index (χ4v) is 3.37. The first kappa shape index (κ1) is 19.1. The predicted octanol–water partition coefficient (Wildman–Crippen LogP) is 0.960. The second-order valence-electron chi connectivity index (χ2n) is 7.34. The number of rotatable bonds is 4. The normalized spacial score (nSPS) is 16.9. The molecule has 7 nitrogen and oxygen atoms in total. The maximum Gasteiger partial charge on any atom is 0.256 e. The molecular weight excluding hydrogens is 344 g/mol. The molecule has 1 fully saturated rings. The van der Waals surface area contributed by atoms with Gasteiger partial charge in [-0.05, 0) is 44.5 Å². The van der Waals surface area contributed by atoms with E-state index in [1.54, 1.807) is 30.2 Å². The van der Waals surface area contributed by atoms with Gasteiger partial charge in [0.15, 0.2) is 5.60 Å². The molecule has 1 aliphatic rings. The van der Waals surface area contributed by atoms with Crippen LogP contribution in [0.25, 0.3) is 0 Å². The first-order chi connectivity index (χ1) is 12.8. The van der Waals surface area contributed by atoms with Crippen molar-refractivity contribution >= 4 is 11.7 Å². The summed E-state index contributed by atoms with van der Waals surface area (Å²) in [4.78, 5) is 33.1. The number of aromatic nitrogens is 2. The molecule has 144 valence electrons. The Morgan fingerprint density at radius 2 is 1.89 bits per heavy atom. The van der Waals surface area contributed by atoms with Crippen molar-refractivity contribution in [2.24, 2.45) is 0 Å². The topological polar surface area (TPSA) is 78.7 Å². The van der Waals surface area contributed by atoms with Gasteiger partial charge in [-0.1, -0.05) is 6.07 Å². The number of aliphatic hydroxyl groups is 1. The van der Waals surface area contributed by atoms with Crippen LogP contribution >= 0.6 is 0 Å². The summed E-state index contributed by atoms with van der Waals surface area (Å²) < 4.78 is 1.44. The molecule has 1 aliphatic heterocycles. The van der Waals surface area contributed by atoms with E-state index >= 15 is 0 Å². The fourth-order valence-electron chi connectivity index (χ4n) is 3.37. The maximum absolute atomic E-state index is 12.9. The number of carbonyl (C=O) groups excluding carboxylic acids is 1. The molecular formula is C20H26N4O3. The van der Waals surface area contributed by atoms with Crippen LogP contribution in [0.2, 0.25) is 0 Å². The molecule has 0 spiro atoms. The number of piperazine rings is 1. The SMILES string of the molecule is Cc1ccnc(N2CCN(C(=O)C(C)(O)Cn3c(C)cccc3=O)CC2)c1. The van der Waals surface area contributed by atoms with Crippen LogP contribution in [0.1, 0.15) is 18.2 Å². The summed E-state index contributed by atoms with van der Waals surface area (Å²) in [6.07, 6.45) is 1.78. The molecule has 0 aromatic carbocycles. The van der Waals surface area contributed by atoms with Crippen LogP contribution < -0.4 is 10.5 Å². The van der Waals surface area contributed by atoms with Crippen molar-refractivity contribution in [3.63, 3.8) is 0 Å². The molecule has 0 saturated carbocycles. The highest BCUT2D eigenvalue weighted by Crippen LogP contribution is 2.18. The minimum atomic E-state index is -1.64. The molecule has 1 N–H and O–H groups in total. The molecule has 1 amide bonds. The fraction of sp³-hybridized carbons (Fsp3) is 0.450. The van der Waals surface area contributed by atoms with Gasteiger partial charge in [-0.25, -0.2) is 4.98 Å². The molecule has 2 aromatic rings. The average Bonchev–Trinajstić information content (AvgIpc) is 2.64. The lowest BCUT2D eigenvalue weighted by atomic mass is 10.0. The Morgan fingerprint density at radius 3 is 2.52 bits per heavy atom. The van der Waals surface area contributed by atoms with Crippen molar-refractivity contribution in [3.8, 4) is 0 Å². The van der Waals surface area contributed by atoms with Crippen LogP contribution in [0.5, 0.6) is 0 Å². The Labute approximate surface area is 158 Å². The summed E-state index contributed by atoms with van der Waals surface area (Å²) in [5, 5.41) is 10.8. The van der Waals surface area contributed by atoms with E-state index in [4.69, 9.17) is 0 Å². The summed E-state index contributed by atoms with van der Waals surface area (Å²) in [7, 11) is 0. The minimum Gasteiger partial charge on any atom is -0.378 e. The molecule has 3 heterocycles. The molecule has 1 saturated heterocycles. The summed E-state index contributed by atoms with van der Waals surface area (Å²) in [5.74, 6) is 0.551. The van der Waals surface area contributed by atoms with E-state index < -0.39 is 5.60 Å². The molecule has 0 radical (unpaired) electrons. The van der Waals surface area contributed by atoms with Gasteiger partial charge in [0, 0.05) is 44.1 Å². The van der Waals surface area contributed by atoms with Crippen molar-refractivity contribution in [1.29, 1.82) is 0 Å². The number of hydrogen-bond donors (Lipinski definition) is 1. The van der Waals surface area contributed by atoms with Crippen LogP contribution in [-0.4, -0.2) is 57.2 Å². The molecule has 0 aliphatic carbocycles. The van der Waals surface area contributed by atoms with Crippen LogP contribution in [0.15, 0.2) is 41.3 Å². The van der Waals surface area contributed by atoms with Gasteiger partial charge in [-0.15, -0.1) is 0 Å². The smallest absolute Gasteiger partial charge is 0.256 e. The van der Waals surface area contributed by atoms with Crippen LogP contribution in [0, 0.1) is 13.8 Å². The second-order valence-corrected chi connectivity index (χ2v) is 7.34. The van der Waals surface area contributed by atoms with Crippen molar-refractivity contribution in [2.45, 2.75) is 32.9 Å². The number of carbonyl (C=O) groups is 1. The Balaban J connectivity index is 1.67. The summed E-state index contributed by atoms with van der Waals surface area (Å²) >= 11 is 0. The first-order valence-electron chi connectivity index (χ1n) is 9.14. The third-order valence-corrected chi connectivity index (χ3v) is 4.99. The lowest BCUT2D eigenvalue weighted by Gasteiger charge is -2.38. The van der Waals surface area contributed by atoms with E-state index in [2.05, 4.69) is 9.88 Å². The van der Waals surface area contributed by atoms with E-state index in [9.17, 15) is 14.7 Å². The van der Waals surface area contributed by atoms with E-state index in [1.807, 2.05) is 19.1 Å². The quantitative estimate of drug-likeness (QED) is 0.867. The van der Waals surface area contributed by atoms with Gasteiger partial charge in [0.05, 0.1) is 6.54 Å². The summed E-state index contributed by atoms with van der Waals surface area (Å²) in [5.41, 5.74) is -0.00545. The zero-order valence-corrected chi connectivity index (χ0v) is 16.1. The Kier molecular flexibility index (Phi) is 5.32. The second kappa shape index (κ2) is 7.52. The molecule has 0 bridgehead atoms. The number of nitrogens with zero attached hydrogens (tertiary/aromatic N) is 4. The third-order valence-electron chi connectivity index (χ3n) is 4.99. The summed E-state index contributed by atoms with van der Waals surface area (Å²) in [6, 6.07) is 8.87. The van der Waals surface area contributed by atoms with Crippen molar-refractivity contribution in [1.82, 2.24) is 14.5 Å². The average molecular weight is 370 g/mol. The van der Waals surface area contributed by atoms with Gasteiger partial charge in [0.25, 0.3) is 11.5 Å². The monoisotopic (exact) mass is 370 g/mol. The van der Waals surface area contributed by atoms with Gasteiger partial charge >= 0.3 is 0 Å². The van der Waals surface area contributed by atoms with Crippen molar-refractivity contribution in [3.05, 3.63) is 58.1 Å². The molecule has 7 heteroatoms. The van der Waals surface area contributed by atoms with Crippen LogP contribution in [0.3, 0.4) is 0 Å². The Hall–Kier alpha value is -2.67. The first-order valence-corrected chi connectivity index (χ1v) is 9.14. The molecule has 27 heavy (non-hydrogen) atoms. The predicted molar refractivity (Wildman–Crippen MR) is 104 cm³/mol. The van der Waals surface area contributed by atoms with Gasteiger partial charge in [0.1, 0.15) is 5.82 Å². The van der Waals surface area contributed by atoms with Crippen molar-refractivity contribution in [2.75, 3.05) is 31.1 Å². The van der Waals surface area contributed by atoms with E-state index in [0.717, 1.165) is 11.4 Å². The standard InChI is InChI=1S/C20H26N4O3/c1-15-7-8-21-17(13-15)22-9-11-23(12-10-22)19(26)20(3,27)14-24-16(2)5-4-6-18(24)25/h4-8,13,27H,9-12,14H2,1-3H3. The Bertz CT molecular complexity index is 883. The van der Waals surface area contributed by atoms with E-state index in [-0.39, 0.29) is 18.0 Å². The molecule has 2 aromatic heterocycles. The third kappa shape index (κ3) is 4.19. The van der Waals surface area contributed by atoms with E-state index in [1.165, 1.54) is 17.6 Å². The lowest BCUT2D eigenvalue weighted by molar-refractivity contribution is -0.151. The number of pyridine rings is 2. The van der Waals surface area contributed by atoms with Gasteiger partial charge in [-0.2, -0.15) is 0 Å². The number of aryl methyl sites for hydroxylation is 2. The number of anilines is 1. The number of hydrogen-bond acceptors (Lipinski definition) is 5. The highest BCUT2D eigenvalue weighted by Gasteiger charge is 2.36. The number of amides is 1. The Morgan fingerprint density at radius 1 is 1.19 bits per heavy atom. The van der Waals surface area contributed by atoms with Crippen LogP contribution in [-0.2, 0) is 11.3 Å². The molecule has 3 rings (SSSR count).